The monoisotopic (exact) mass is 261 g/mol. The maximum Gasteiger partial charge on any atom is 0.196 e. The number of benzene rings is 1. The van der Waals surface area contributed by atoms with Crippen molar-refractivity contribution < 1.29 is 0 Å². The van der Waals surface area contributed by atoms with E-state index in [1.807, 2.05) is 31.2 Å². The van der Waals surface area contributed by atoms with Crippen molar-refractivity contribution >= 4 is 23.4 Å². The molecule has 0 fully saturated rings. The third-order valence-corrected chi connectivity index (χ3v) is 3.31. The Labute approximate surface area is 110 Å². The number of hydrogen-bond acceptors (Lipinski definition) is 6. The molecule has 5 nitrogen and oxygen atoms in total. The fraction of sp³-hybridized carbons (Fsp3) is 0.167. The maximum absolute atomic E-state index is 5.92. The first kappa shape index (κ1) is 12.7. The van der Waals surface area contributed by atoms with Gasteiger partial charge in [-0.1, -0.05) is 18.2 Å². The van der Waals surface area contributed by atoms with E-state index in [1.165, 1.54) is 17.8 Å². The third kappa shape index (κ3) is 2.91. The molecule has 1 heterocycles. The molecular weight excluding hydrogens is 246 g/mol. The van der Waals surface area contributed by atoms with Crippen molar-refractivity contribution in [2.75, 3.05) is 11.5 Å². The molecule has 0 bridgehead atoms. The highest BCUT2D eigenvalue weighted by atomic mass is 32.2. The molecule has 0 unspecified atom stereocenters. The SMILES string of the molecule is C[C@@H](N)c1ccccc1Sc1nc(N)cc(N)n1. The van der Waals surface area contributed by atoms with Gasteiger partial charge in [-0.25, -0.2) is 9.97 Å². The van der Waals surface area contributed by atoms with Crippen LogP contribution in [0.25, 0.3) is 0 Å². The van der Waals surface area contributed by atoms with Crippen molar-refractivity contribution in [3.05, 3.63) is 35.9 Å². The number of anilines is 2. The lowest BCUT2D eigenvalue weighted by Crippen LogP contribution is -2.06. The molecule has 0 aliphatic rings. The molecule has 0 aliphatic carbocycles. The molecule has 0 amide bonds. The van der Waals surface area contributed by atoms with Crippen molar-refractivity contribution in [1.29, 1.82) is 0 Å². The van der Waals surface area contributed by atoms with Crippen LogP contribution in [0.5, 0.6) is 0 Å². The largest absolute Gasteiger partial charge is 0.383 e. The molecule has 94 valence electrons. The van der Waals surface area contributed by atoms with Gasteiger partial charge in [-0.2, -0.15) is 0 Å². The number of hydrogen-bond donors (Lipinski definition) is 3. The van der Waals surface area contributed by atoms with Crippen LogP contribution in [-0.4, -0.2) is 9.97 Å². The quantitative estimate of drug-likeness (QED) is 0.728. The lowest BCUT2D eigenvalue weighted by atomic mass is 10.1. The summed E-state index contributed by atoms with van der Waals surface area (Å²) < 4.78 is 0. The summed E-state index contributed by atoms with van der Waals surface area (Å²) in [7, 11) is 0. The molecule has 2 aromatic rings. The second kappa shape index (κ2) is 5.24. The number of rotatable bonds is 3. The van der Waals surface area contributed by atoms with Crippen molar-refractivity contribution in [2.24, 2.45) is 5.73 Å². The Bertz CT molecular complexity index is 536. The van der Waals surface area contributed by atoms with E-state index < -0.39 is 0 Å². The molecule has 6 heteroatoms. The first-order chi connectivity index (χ1) is 8.56. The number of aromatic nitrogens is 2. The zero-order valence-electron chi connectivity index (χ0n) is 10.00. The smallest absolute Gasteiger partial charge is 0.196 e. The molecule has 0 saturated heterocycles. The molecule has 1 aromatic carbocycles. The zero-order chi connectivity index (χ0) is 13.1. The predicted octanol–water partition coefficient (Wildman–Crippen LogP) is 1.81. The highest BCUT2D eigenvalue weighted by Gasteiger charge is 2.09. The summed E-state index contributed by atoms with van der Waals surface area (Å²) in [5, 5.41) is 0.528. The lowest BCUT2D eigenvalue weighted by Gasteiger charge is -2.11. The summed E-state index contributed by atoms with van der Waals surface area (Å²) in [4.78, 5) is 9.29. The molecule has 2 rings (SSSR count). The summed E-state index contributed by atoms with van der Waals surface area (Å²) in [6.07, 6.45) is 0. The normalized spacial score (nSPS) is 12.3. The van der Waals surface area contributed by atoms with Crippen LogP contribution in [0.1, 0.15) is 18.5 Å². The molecular formula is C12H15N5S. The molecule has 0 aliphatic heterocycles. The average molecular weight is 261 g/mol. The van der Waals surface area contributed by atoms with Crippen molar-refractivity contribution in [3.8, 4) is 0 Å². The third-order valence-electron chi connectivity index (χ3n) is 2.36. The van der Waals surface area contributed by atoms with Crippen LogP contribution in [-0.2, 0) is 0 Å². The Morgan fingerprint density at radius 3 is 2.33 bits per heavy atom. The summed E-state index contributed by atoms with van der Waals surface area (Å²) in [6, 6.07) is 9.35. The van der Waals surface area contributed by atoms with Gasteiger partial charge in [0.05, 0.1) is 0 Å². The standard InChI is InChI=1S/C12H15N5S/c1-7(13)8-4-2-3-5-9(8)18-12-16-10(14)6-11(15)17-12/h2-7H,13H2,1H3,(H4,14,15,16,17)/t7-/m1/s1. The summed E-state index contributed by atoms with van der Waals surface area (Å²) >= 11 is 1.41. The molecule has 1 atom stereocenters. The van der Waals surface area contributed by atoms with E-state index in [0.29, 0.717) is 16.8 Å². The Morgan fingerprint density at radius 2 is 1.72 bits per heavy atom. The van der Waals surface area contributed by atoms with Crippen LogP contribution < -0.4 is 17.2 Å². The molecule has 1 aromatic heterocycles. The van der Waals surface area contributed by atoms with Crippen molar-refractivity contribution in [1.82, 2.24) is 9.97 Å². The zero-order valence-corrected chi connectivity index (χ0v) is 10.8. The fourth-order valence-electron chi connectivity index (χ4n) is 1.56. The van der Waals surface area contributed by atoms with Crippen LogP contribution in [0, 0.1) is 0 Å². The van der Waals surface area contributed by atoms with E-state index >= 15 is 0 Å². The van der Waals surface area contributed by atoms with Crippen LogP contribution in [0.2, 0.25) is 0 Å². The Balaban J connectivity index is 2.34. The van der Waals surface area contributed by atoms with Gasteiger partial charge in [0.2, 0.25) is 0 Å². The minimum atomic E-state index is -0.0490. The van der Waals surface area contributed by atoms with Gasteiger partial charge in [0.1, 0.15) is 11.6 Å². The van der Waals surface area contributed by atoms with E-state index in [2.05, 4.69) is 9.97 Å². The van der Waals surface area contributed by atoms with Gasteiger partial charge >= 0.3 is 0 Å². The van der Waals surface area contributed by atoms with E-state index in [4.69, 9.17) is 17.2 Å². The van der Waals surface area contributed by atoms with Crippen LogP contribution >= 0.6 is 11.8 Å². The molecule has 18 heavy (non-hydrogen) atoms. The van der Waals surface area contributed by atoms with Gasteiger partial charge in [-0.3, -0.25) is 0 Å². The van der Waals surface area contributed by atoms with Crippen molar-refractivity contribution in [2.45, 2.75) is 23.0 Å². The first-order valence-corrected chi connectivity index (χ1v) is 6.30. The molecule has 0 radical (unpaired) electrons. The van der Waals surface area contributed by atoms with Gasteiger partial charge in [0.15, 0.2) is 5.16 Å². The molecule has 0 spiro atoms. The van der Waals surface area contributed by atoms with Crippen molar-refractivity contribution in [3.63, 3.8) is 0 Å². The van der Waals surface area contributed by atoms with Gasteiger partial charge in [-0.05, 0) is 30.3 Å². The fourth-order valence-corrected chi connectivity index (χ4v) is 2.57. The number of nitrogens with two attached hydrogens (primary N) is 3. The summed E-state index contributed by atoms with van der Waals surface area (Å²) in [5.41, 5.74) is 18.3. The average Bonchev–Trinajstić information content (AvgIpc) is 2.27. The van der Waals surface area contributed by atoms with Gasteiger partial charge in [-0.15, -0.1) is 0 Å². The molecule has 0 saturated carbocycles. The second-order valence-corrected chi connectivity index (χ2v) is 4.94. The maximum atomic E-state index is 5.92. The summed E-state index contributed by atoms with van der Waals surface area (Å²) in [5.74, 6) is 0.728. The minimum Gasteiger partial charge on any atom is -0.383 e. The van der Waals surface area contributed by atoms with E-state index in [9.17, 15) is 0 Å². The Kier molecular flexibility index (Phi) is 3.69. The van der Waals surface area contributed by atoms with Gasteiger partial charge < -0.3 is 17.2 Å². The van der Waals surface area contributed by atoms with E-state index in [-0.39, 0.29) is 6.04 Å². The first-order valence-electron chi connectivity index (χ1n) is 5.48. The minimum absolute atomic E-state index is 0.0490. The predicted molar refractivity (Wildman–Crippen MR) is 74.0 cm³/mol. The van der Waals surface area contributed by atoms with Crippen LogP contribution in [0.3, 0.4) is 0 Å². The van der Waals surface area contributed by atoms with E-state index in [0.717, 1.165) is 10.5 Å². The highest BCUT2D eigenvalue weighted by Crippen LogP contribution is 2.31. The lowest BCUT2D eigenvalue weighted by molar-refractivity contribution is 0.796. The van der Waals surface area contributed by atoms with Crippen LogP contribution in [0.4, 0.5) is 11.6 Å². The molecule has 6 N–H and O–H groups in total. The van der Waals surface area contributed by atoms with E-state index in [1.54, 1.807) is 0 Å². The Hall–Kier alpha value is -1.79. The van der Waals surface area contributed by atoms with Crippen LogP contribution in [0.15, 0.2) is 40.4 Å². The van der Waals surface area contributed by atoms with Gasteiger partial charge in [0, 0.05) is 17.0 Å². The number of nitrogen functional groups attached to an aromatic ring is 2. The Morgan fingerprint density at radius 1 is 1.11 bits per heavy atom. The topological polar surface area (TPSA) is 104 Å². The summed E-state index contributed by atoms with van der Waals surface area (Å²) in [6.45, 7) is 1.94. The number of nitrogens with zero attached hydrogens (tertiary/aromatic N) is 2. The van der Waals surface area contributed by atoms with Gasteiger partial charge in [0.25, 0.3) is 0 Å². The second-order valence-electron chi connectivity index (χ2n) is 3.93. The highest BCUT2D eigenvalue weighted by molar-refractivity contribution is 7.99.